The molecule has 5 nitrogen and oxygen atoms in total. The number of amides is 1. The highest BCUT2D eigenvalue weighted by Gasteiger charge is 2.38. The van der Waals surface area contributed by atoms with Gasteiger partial charge in [-0.3, -0.25) is 9.89 Å². The average Bonchev–Trinajstić information content (AvgIpc) is 2.92. The highest BCUT2D eigenvalue weighted by atomic mass is 16.1. The topological polar surface area (TPSA) is 69.8 Å². The zero-order chi connectivity index (χ0) is 18.1. The molecule has 1 aliphatic heterocycles. The second-order valence-electron chi connectivity index (χ2n) is 8.44. The van der Waals surface area contributed by atoms with Crippen molar-refractivity contribution >= 4 is 11.7 Å². The number of hydrogen-bond acceptors (Lipinski definition) is 3. The van der Waals surface area contributed by atoms with Crippen LogP contribution in [0.1, 0.15) is 47.0 Å². The van der Waals surface area contributed by atoms with E-state index >= 15 is 0 Å². The van der Waals surface area contributed by atoms with Crippen LogP contribution in [0.25, 0.3) is 11.1 Å². The summed E-state index contributed by atoms with van der Waals surface area (Å²) in [5.74, 6) is 1.08. The van der Waals surface area contributed by atoms with E-state index in [0.717, 1.165) is 24.0 Å². The number of H-pyrrole nitrogens is 1. The summed E-state index contributed by atoms with van der Waals surface area (Å²) in [5.41, 5.74) is 2.06. The summed E-state index contributed by atoms with van der Waals surface area (Å²) in [4.78, 5) is 12.6. The van der Waals surface area contributed by atoms with Crippen molar-refractivity contribution in [3.05, 3.63) is 36.5 Å². The van der Waals surface area contributed by atoms with Crippen LogP contribution in [0.2, 0.25) is 0 Å². The van der Waals surface area contributed by atoms with Gasteiger partial charge in [-0.25, -0.2) is 0 Å². The minimum atomic E-state index is 0.0416. The van der Waals surface area contributed by atoms with Gasteiger partial charge in [0.25, 0.3) is 0 Å². The van der Waals surface area contributed by atoms with E-state index in [1.807, 2.05) is 30.3 Å². The Morgan fingerprint density at radius 1 is 1.16 bits per heavy atom. The molecule has 0 saturated carbocycles. The molecule has 134 valence electrons. The van der Waals surface area contributed by atoms with Gasteiger partial charge in [0.15, 0.2) is 0 Å². The highest BCUT2D eigenvalue weighted by molar-refractivity contribution is 5.94. The minimum absolute atomic E-state index is 0.0416. The second-order valence-corrected chi connectivity index (χ2v) is 8.44. The van der Waals surface area contributed by atoms with Crippen LogP contribution in [-0.4, -0.2) is 27.2 Å². The van der Waals surface area contributed by atoms with Crippen LogP contribution in [0, 0.1) is 5.92 Å². The van der Waals surface area contributed by atoms with Crippen LogP contribution in [-0.2, 0) is 4.79 Å². The Balaban J connectivity index is 1.67. The number of aromatic nitrogens is 2. The second kappa shape index (κ2) is 6.64. The molecule has 0 spiro atoms. The van der Waals surface area contributed by atoms with Crippen molar-refractivity contribution in [2.75, 3.05) is 5.32 Å². The van der Waals surface area contributed by atoms with Gasteiger partial charge in [0.2, 0.25) is 5.91 Å². The molecule has 1 aliphatic rings. The smallest absolute Gasteiger partial charge is 0.225 e. The first-order valence-corrected chi connectivity index (χ1v) is 8.92. The van der Waals surface area contributed by atoms with E-state index in [-0.39, 0.29) is 17.0 Å². The lowest BCUT2D eigenvalue weighted by atomic mass is 9.74. The number of benzene rings is 1. The van der Waals surface area contributed by atoms with E-state index in [2.05, 4.69) is 48.5 Å². The van der Waals surface area contributed by atoms with Crippen LogP contribution < -0.4 is 10.6 Å². The lowest BCUT2D eigenvalue weighted by Gasteiger charge is -2.46. The van der Waals surface area contributed by atoms with Crippen molar-refractivity contribution in [3.63, 3.8) is 0 Å². The lowest BCUT2D eigenvalue weighted by molar-refractivity contribution is -0.117. The van der Waals surface area contributed by atoms with E-state index in [4.69, 9.17) is 0 Å². The van der Waals surface area contributed by atoms with Crippen molar-refractivity contribution in [2.45, 2.75) is 58.0 Å². The fourth-order valence-corrected chi connectivity index (χ4v) is 4.35. The summed E-state index contributed by atoms with van der Waals surface area (Å²) in [6.07, 6.45) is 4.28. The molecule has 0 unspecified atom stereocenters. The van der Waals surface area contributed by atoms with E-state index in [9.17, 15) is 4.79 Å². The Kier molecular flexibility index (Phi) is 4.69. The largest absolute Gasteiger partial charge is 0.311 e. The number of nitrogens with one attached hydrogen (secondary N) is 3. The van der Waals surface area contributed by atoms with Crippen molar-refractivity contribution in [1.82, 2.24) is 15.5 Å². The van der Waals surface area contributed by atoms with Gasteiger partial charge in [0, 0.05) is 23.1 Å². The van der Waals surface area contributed by atoms with Crippen LogP contribution in [0.15, 0.2) is 36.5 Å². The zero-order valence-corrected chi connectivity index (χ0v) is 15.5. The van der Waals surface area contributed by atoms with Crippen LogP contribution in [0.4, 0.5) is 5.82 Å². The summed E-state index contributed by atoms with van der Waals surface area (Å²) in [7, 11) is 0. The average molecular weight is 340 g/mol. The van der Waals surface area contributed by atoms with Gasteiger partial charge < -0.3 is 10.6 Å². The Morgan fingerprint density at radius 3 is 2.44 bits per heavy atom. The minimum Gasteiger partial charge on any atom is -0.311 e. The maximum Gasteiger partial charge on any atom is 0.225 e. The summed E-state index contributed by atoms with van der Waals surface area (Å²) in [5, 5.41) is 13.7. The Hall–Kier alpha value is -2.14. The van der Waals surface area contributed by atoms with Crippen molar-refractivity contribution in [2.24, 2.45) is 5.92 Å². The number of anilines is 1. The molecule has 0 radical (unpaired) electrons. The maximum atomic E-state index is 12.6. The molecule has 0 aliphatic carbocycles. The van der Waals surface area contributed by atoms with Crippen LogP contribution in [0.3, 0.4) is 0 Å². The van der Waals surface area contributed by atoms with Gasteiger partial charge in [-0.1, -0.05) is 30.3 Å². The Labute approximate surface area is 149 Å². The number of piperidine rings is 1. The van der Waals surface area contributed by atoms with E-state index < -0.39 is 0 Å². The molecule has 2 heterocycles. The summed E-state index contributed by atoms with van der Waals surface area (Å²) >= 11 is 0. The predicted molar refractivity (Wildman–Crippen MR) is 101 cm³/mol. The molecule has 1 fully saturated rings. The van der Waals surface area contributed by atoms with Gasteiger partial charge in [0.05, 0.1) is 6.20 Å². The fraction of sp³-hybridized carbons (Fsp3) is 0.500. The predicted octanol–water partition coefficient (Wildman–Crippen LogP) is 3.96. The number of nitrogens with zero attached hydrogens (tertiary/aromatic N) is 1. The van der Waals surface area contributed by atoms with Crippen LogP contribution >= 0.6 is 0 Å². The number of rotatable bonds is 4. The molecule has 5 heteroatoms. The van der Waals surface area contributed by atoms with Crippen LogP contribution in [0.5, 0.6) is 0 Å². The normalized spacial score (nSPS) is 19.5. The molecular weight excluding hydrogens is 312 g/mol. The first kappa shape index (κ1) is 17.7. The third kappa shape index (κ3) is 4.48. The standard InChI is InChI=1S/C20H28N4O/c1-19(2)11-14(12-20(3,4)24-19)10-17(25)22-18-16(13-21-23-18)15-8-6-5-7-9-15/h5-9,13-14,24H,10-12H2,1-4H3,(H2,21,22,23,25). The number of aromatic amines is 1. The van der Waals surface area contributed by atoms with Gasteiger partial charge >= 0.3 is 0 Å². The molecule has 1 aromatic carbocycles. The molecule has 1 amide bonds. The highest BCUT2D eigenvalue weighted by Crippen LogP contribution is 2.35. The Morgan fingerprint density at radius 2 is 1.80 bits per heavy atom. The summed E-state index contributed by atoms with van der Waals surface area (Å²) in [6, 6.07) is 9.96. The van der Waals surface area contributed by atoms with E-state index in [1.54, 1.807) is 6.20 Å². The Bertz CT molecular complexity index is 717. The zero-order valence-electron chi connectivity index (χ0n) is 15.5. The van der Waals surface area contributed by atoms with Gasteiger partial charge in [-0.05, 0) is 52.0 Å². The number of carbonyl (C=O) groups excluding carboxylic acids is 1. The molecule has 3 N–H and O–H groups in total. The summed E-state index contributed by atoms with van der Waals surface area (Å²) < 4.78 is 0. The molecule has 1 aromatic heterocycles. The summed E-state index contributed by atoms with van der Waals surface area (Å²) in [6.45, 7) is 8.84. The monoisotopic (exact) mass is 340 g/mol. The lowest BCUT2D eigenvalue weighted by Crippen LogP contribution is -2.58. The SMILES string of the molecule is CC1(C)CC(CC(=O)Nc2[nH]ncc2-c2ccccc2)CC(C)(C)N1. The van der Waals surface area contributed by atoms with Crippen molar-refractivity contribution in [3.8, 4) is 11.1 Å². The maximum absolute atomic E-state index is 12.6. The first-order valence-electron chi connectivity index (χ1n) is 8.92. The molecule has 25 heavy (non-hydrogen) atoms. The van der Waals surface area contributed by atoms with E-state index in [0.29, 0.717) is 18.2 Å². The van der Waals surface area contributed by atoms with E-state index in [1.165, 1.54) is 0 Å². The molecule has 1 saturated heterocycles. The van der Waals surface area contributed by atoms with Gasteiger partial charge in [-0.2, -0.15) is 5.10 Å². The molecule has 3 rings (SSSR count). The van der Waals surface area contributed by atoms with Crippen molar-refractivity contribution < 1.29 is 4.79 Å². The molecule has 0 bridgehead atoms. The third-order valence-corrected chi connectivity index (χ3v) is 4.74. The fourth-order valence-electron chi connectivity index (χ4n) is 4.35. The first-order chi connectivity index (χ1) is 11.7. The molecule has 2 aromatic rings. The number of carbonyl (C=O) groups is 1. The molecular formula is C20H28N4O. The van der Waals surface area contributed by atoms with Gasteiger partial charge in [-0.15, -0.1) is 0 Å². The van der Waals surface area contributed by atoms with Gasteiger partial charge in [0.1, 0.15) is 5.82 Å². The molecule has 0 atom stereocenters. The third-order valence-electron chi connectivity index (χ3n) is 4.74. The number of hydrogen-bond donors (Lipinski definition) is 3. The quantitative estimate of drug-likeness (QED) is 0.789. The van der Waals surface area contributed by atoms with Crippen molar-refractivity contribution in [1.29, 1.82) is 0 Å².